The van der Waals surface area contributed by atoms with E-state index in [0.717, 1.165) is 46.8 Å². The van der Waals surface area contributed by atoms with E-state index in [2.05, 4.69) is 10.6 Å². The van der Waals surface area contributed by atoms with Gasteiger partial charge in [0.25, 0.3) is 0 Å². The highest BCUT2D eigenvalue weighted by Gasteiger charge is 2.31. The Labute approximate surface area is 147 Å². The smallest absolute Gasteiger partial charge is 0.163 e. The van der Waals surface area contributed by atoms with Gasteiger partial charge in [-0.05, 0) is 49.6 Å². The monoisotopic (exact) mass is 334 g/mol. The number of allylic oxidation sites excluding steroid dienone is 1. The van der Waals surface area contributed by atoms with Crippen LogP contribution in [-0.2, 0) is 4.79 Å². The van der Waals surface area contributed by atoms with Crippen molar-refractivity contribution in [2.24, 2.45) is 0 Å². The van der Waals surface area contributed by atoms with Crippen LogP contribution in [0.15, 0.2) is 59.8 Å². The molecule has 1 unspecified atom stereocenters. The number of carbonyl (C=O) groups excluding carboxylic acids is 1. The molecule has 25 heavy (non-hydrogen) atoms. The summed E-state index contributed by atoms with van der Waals surface area (Å²) in [5.74, 6) is 1.08. The summed E-state index contributed by atoms with van der Waals surface area (Å²) in [5.41, 5.74) is 5.03. The molecule has 0 radical (unpaired) electrons. The Balaban J connectivity index is 1.78. The third-order valence-electron chi connectivity index (χ3n) is 4.78. The zero-order valence-corrected chi connectivity index (χ0v) is 14.3. The quantitative estimate of drug-likeness (QED) is 0.856. The fourth-order valence-electron chi connectivity index (χ4n) is 3.61. The number of rotatable bonds is 3. The number of fused-ring (bicyclic) bond motifs is 1. The molecule has 2 aromatic rings. The van der Waals surface area contributed by atoms with Crippen LogP contribution >= 0.6 is 0 Å². The third kappa shape index (κ3) is 3.00. The van der Waals surface area contributed by atoms with E-state index >= 15 is 0 Å². The fraction of sp³-hybridized carbons (Fsp3) is 0.286. The highest BCUT2D eigenvalue weighted by atomic mass is 16.5. The number of hydrogen-bond donors (Lipinski definition) is 2. The number of ketones is 1. The average molecular weight is 334 g/mol. The van der Waals surface area contributed by atoms with E-state index < -0.39 is 0 Å². The number of benzene rings is 2. The Morgan fingerprint density at radius 3 is 2.56 bits per heavy atom. The molecule has 0 bridgehead atoms. The van der Waals surface area contributed by atoms with Crippen LogP contribution in [0.4, 0.5) is 11.4 Å². The fourth-order valence-corrected chi connectivity index (χ4v) is 3.61. The minimum Gasteiger partial charge on any atom is -0.494 e. The van der Waals surface area contributed by atoms with Crippen LogP contribution in [0, 0.1) is 0 Å². The van der Waals surface area contributed by atoms with Gasteiger partial charge in [0.15, 0.2) is 5.78 Å². The van der Waals surface area contributed by atoms with E-state index in [1.54, 1.807) is 0 Å². The molecule has 4 nitrogen and oxygen atoms in total. The van der Waals surface area contributed by atoms with Crippen molar-refractivity contribution in [2.45, 2.75) is 32.2 Å². The summed E-state index contributed by atoms with van der Waals surface area (Å²) in [7, 11) is 0. The first-order chi connectivity index (χ1) is 12.3. The topological polar surface area (TPSA) is 50.4 Å². The lowest BCUT2D eigenvalue weighted by molar-refractivity contribution is -0.116. The van der Waals surface area contributed by atoms with E-state index in [1.807, 2.05) is 55.5 Å². The molecule has 2 N–H and O–H groups in total. The molecular weight excluding hydrogens is 312 g/mol. The Bertz CT molecular complexity index is 824. The lowest BCUT2D eigenvalue weighted by Gasteiger charge is -2.25. The Morgan fingerprint density at radius 2 is 1.80 bits per heavy atom. The molecule has 2 aromatic carbocycles. The molecule has 4 rings (SSSR count). The van der Waals surface area contributed by atoms with Crippen molar-refractivity contribution in [3.63, 3.8) is 0 Å². The largest absolute Gasteiger partial charge is 0.494 e. The molecule has 0 saturated heterocycles. The van der Waals surface area contributed by atoms with E-state index in [4.69, 9.17) is 4.74 Å². The van der Waals surface area contributed by atoms with Gasteiger partial charge < -0.3 is 15.4 Å². The molecule has 4 heteroatoms. The molecule has 1 aliphatic heterocycles. The van der Waals surface area contributed by atoms with E-state index in [-0.39, 0.29) is 11.8 Å². The summed E-state index contributed by atoms with van der Waals surface area (Å²) in [6, 6.07) is 16.0. The van der Waals surface area contributed by atoms with Crippen LogP contribution in [-0.4, -0.2) is 12.4 Å². The predicted molar refractivity (Wildman–Crippen MR) is 99.9 cm³/mol. The van der Waals surface area contributed by atoms with Crippen LogP contribution in [0.25, 0.3) is 0 Å². The van der Waals surface area contributed by atoms with Gasteiger partial charge in [-0.25, -0.2) is 0 Å². The molecule has 0 fully saturated rings. The zero-order chi connectivity index (χ0) is 17.2. The summed E-state index contributed by atoms with van der Waals surface area (Å²) in [6.45, 7) is 2.62. The van der Waals surface area contributed by atoms with Gasteiger partial charge >= 0.3 is 0 Å². The highest BCUT2D eigenvalue weighted by Crippen LogP contribution is 2.40. The van der Waals surface area contributed by atoms with Gasteiger partial charge in [-0.2, -0.15) is 0 Å². The van der Waals surface area contributed by atoms with Gasteiger partial charge in [-0.15, -0.1) is 0 Å². The molecule has 0 saturated carbocycles. The summed E-state index contributed by atoms with van der Waals surface area (Å²) in [5, 5.41) is 7.07. The van der Waals surface area contributed by atoms with Crippen molar-refractivity contribution in [1.29, 1.82) is 0 Å². The first-order valence-corrected chi connectivity index (χ1v) is 8.88. The Kier molecular flexibility index (Phi) is 4.18. The average Bonchev–Trinajstić information content (AvgIpc) is 2.80. The van der Waals surface area contributed by atoms with E-state index in [1.165, 1.54) is 0 Å². The van der Waals surface area contributed by atoms with Crippen LogP contribution < -0.4 is 15.4 Å². The summed E-state index contributed by atoms with van der Waals surface area (Å²) in [4.78, 5) is 12.7. The van der Waals surface area contributed by atoms with Gasteiger partial charge in [-0.1, -0.05) is 24.3 Å². The molecule has 128 valence electrons. The second kappa shape index (κ2) is 6.63. The first-order valence-electron chi connectivity index (χ1n) is 8.88. The van der Waals surface area contributed by atoms with Crippen molar-refractivity contribution in [2.75, 3.05) is 17.2 Å². The SMILES string of the molecule is CCOc1ccc(C2Nc3ccccc3NC3=C2C(=O)CCC3)cc1. The molecular formula is C21H22N2O2. The van der Waals surface area contributed by atoms with Crippen molar-refractivity contribution in [3.8, 4) is 5.75 Å². The summed E-state index contributed by atoms with van der Waals surface area (Å²) in [6.07, 6.45) is 2.43. The van der Waals surface area contributed by atoms with Gasteiger partial charge in [0.1, 0.15) is 5.75 Å². The molecule has 1 aliphatic carbocycles. The predicted octanol–water partition coefficient (Wildman–Crippen LogP) is 4.67. The maximum atomic E-state index is 12.7. The lowest BCUT2D eigenvalue weighted by atomic mass is 9.86. The van der Waals surface area contributed by atoms with Gasteiger partial charge in [0.2, 0.25) is 0 Å². The number of Topliss-reactive ketones (excluding diaryl/α,β-unsaturated/α-hetero) is 1. The standard InChI is InChI=1S/C21H22N2O2/c1-2-25-15-12-10-14(11-13-15)21-20-18(8-5-9-19(20)24)22-16-6-3-4-7-17(16)23-21/h3-4,6-7,10-13,21-23H,2,5,8-9H2,1H3. The first kappa shape index (κ1) is 15.8. The summed E-state index contributed by atoms with van der Waals surface area (Å²) < 4.78 is 5.55. The van der Waals surface area contributed by atoms with Crippen molar-refractivity contribution in [1.82, 2.24) is 0 Å². The Hall–Kier alpha value is -2.75. The van der Waals surface area contributed by atoms with Crippen LogP contribution in [0.1, 0.15) is 37.8 Å². The molecule has 0 aromatic heterocycles. The molecule has 0 amide bonds. The van der Waals surface area contributed by atoms with Crippen molar-refractivity contribution < 1.29 is 9.53 Å². The molecule has 2 aliphatic rings. The molecule has 0 spiro atoms. The highest BCUT2D eigenvalue weighted by molar-refractivity contribution is 6.00. The normalized spacial score (nSPS) is 19.2. The van der Waals surface area contributed by atoms with Crippen LogP contribution in [0.3, 0.4) is 0 Å². The third-order valence-corrected chi connectivity index (χ3v) is 4.78. The number of nitrogens with one attached hydrogen (secondary N) is 2. The maximum Gasteiger partial charge on any atom is 0.163 e. The number of ether oxygens (including phenoxy) is 1. The summed E-state index contributed by atoms with van der Waals surface area (Å²) >= 11 is 0. The van der Waals surface area contributed by atoms with Crippen LogP contribution in [0.5, 0.6) is 5.75 Å². The molecule has 1 atom stereocenters. The van der Waals surface area contributed by atoms with Crippen LogP contribution in [0.2, 0.25) is 0 Å². The molecule has 1 heterocycles. The minimum atomic E-state index is -0.144. The number of hydrogen-bond acceptors (Lipinski definition) is 4. The minimum absolute atomic E-state index is 0.144. The van der Waals surface area contributed by atoms with Gasteiger partial charge in [0, 0.05) is 17.7 Å². The second-order valence-electron chi connectivity index (χ2n) is 6.42. The van der Waals surface area contributed by atoms with E-state index in [9.17, 15) is 4.79 Å². The zero-order valence-electron chi connectivity index (χ0n) is 14.3. The second-order valence-corrected chi connectivity index (χ2v) is 6.42. The number of anilines is 2. The lowest BCUT2D eigenvalue weighted by Crippen LogP contribution is -2.23. The van der Waals surface area contributed by atoms with E-state index in [0.29, 0.717) is 13.0 Å². The van der Waals surface area contributed by atoms with Crippen molar-refractivity contribution in [3.05, 3.63) is 65.4 Å². The Morgan fingerprint density at radius 1 is 1.04 bits per heavy atom. The van der Waals surface area contributed by atoms with Gasteiger partial charge in [0.05, 0.1) is 24.0 Å². The van der Waals surface area contributed by atoms with Crippen molar-refractivity contribution >= 4 is 17.2 Å². The maximum absolute atomic E-state index is 12.7. The van der Waals surface area contributed by atoms with Gasteiger partial charge in [-0.3, -0.25) is 4.79 Å². The number of para-hydroxylation sites is 2. The number of carbonyl (C=O) groups is 1.